The highest BCUT2D eigenvalue weighted by Crippen LogP contribution is 2.09. The lowest BCUT2D eigenvalue weighted by molar-refractivity contribution is -0.140. The number of rotatable bonds is 8. The molecule has 1 atom stereocenters. The molecule has 20 heavy (non-hydrogen) atoms. The van der Waals surface area contributed by atoms with Gasteiger partial charge in [0, 0.05) is 30.4 Å². The highest BCUT2D eigenvalue weighted by molar-refractivity contribution is 7.99. The monoisotopic (exact) mass is 295 g/mol. The van der Waals surface area contributed by atoms with Crippen molar-refractivity contribution < 1.29 is 19.5 Å². The van der Waals surface area contributed by atoms with Gasteiger partial charge in [-0.1, -0.05) is 30.3 Å². The van der Waals surface area contributed by atoms with E-state index in [0.717, 1.165) is 0 Å². The van der Waals surface area contributed by atoms with Crippen LogP contribution < -0.4 is 5.32 Å². The van der Waals surface area contributed by atoms with Gasteiger partial charge in [0.1, 0.15) is 6.04 Å². The second-order valence-electron chi connectivity index (χ2n) is 4.21. The van der Waals surface area contributed by atoms with E-state index in [1.54, 1.807) is 24.3 Å². The summed E-state index contributed by atoms with van der Waals surface area (Å²) in [6, 6.07) is 8.05. The number of amides is 1. The van der Waals surface area contributed by atoms with Gasteiger partial charge in [0.2, 0.25) is 5.91 Å². The minimum absolute atomic E-state index is 0.0319. The average molecular weight is 295 g/mol. The number of hydrogen-bond donors (Lipinski definition) is 2. The summed E-state index contributed by atoms with van der Waals surface area (Å²) in [5.74, 6) is -0.640. The molecule has 0 aliphatic rings. The van der Waals surface area contributed by atoms with Crippen LogP contribution in [0, 0.1) is 0 Å². The van der Waals surface area contributed by atoms with E-state index < -0.39 is 12.0 Å². The number of carbonyl (C=O) groups is 3. The van der Waals surface area contributed by atoms with E-state index in [1.165, 1.54) is 18.7 Å². The minimum atomic E-state index is -1.07. The molecule has 5 nitrogen and oxygen atoms in total. The van der Waals surface area contributed by atoms with Crippen molar-refractivity contribution in [2.75, 3.05) is 11.5 Å². The quantitative estimate of drug-likeness (QED) is 0.562. The van der Waals surface area contributed by atoms with Gasteiger partial charge in [0.25, 0.3) is 0 Å². The Morgan fingerprint density at radius 3 is 2.45 bits per heavy atom. The number of benzene rings is 1. The predicted octanol–water partition coefficient (Wildman–Crippen LogP) is 1.58. The molecule has 1 aromatic carbocycles. The number of carbonyl (C=O) groups excluding carboxylic acids is 2. The third kappa shape index (κ3) is 5.88. The predicted molar refractivity (Wildman–Crippen MR) is 78.0 cm³/mol. The number of carboxylic acid groups (broad SMARTS) is 1. The van der Waals surface area contributed by atoms with Crippen molar-refractivity contribution in [2.45, 2.75) is 19.4 Å². The number of thioether (sulfide) groups is 1. The van der Waals surface area contributed by atoms with Crippen LogP contribution in [0.1, 0.15) is 23.7 Å². The molecule has 0 aliphatic heterocycles. The Hall–Kier alpha value is -1.82. The summed E-state index contributed by atoms with van der Waals surface area (Å²) in [5, 5.41) is 11.3. The zero-order valence-electron chi connectivity index (χ0n) is 11.2. The van der Waals surface area contributed by atoms with Crippen LogP contribution in [0.25, 0.3) is 0 Å². The Morgan fingerprint density at radius 2 is 1.90 bits per heavy atom. The molecular formula is C14H17NO4S. The van der Waals surface area contributed by atoms with Crippen LogP contribution in [0.5, 0.6) is 0 Å². The first kappa shape index (κ1) is 16.2. The zero-order chi connectivity index (χ0) is 15.0. The molecule has 0 aliphatic carbocycles. The third-order valence-electron chi connectivity index (χ3n) is 2.53. The van der Waals surface area contributed by atoms with E-state index in [-0.39, 0.29) is 17.4 Å². The standard InChI is InChI=1S/C14H17NO4S/c1-10(16)15-12(14(18)19)9-20-8-7-13(17)11-5-3-2-4-6-11/h2-6,12H,7-9H2,1H3,(H,15,16)(H,18,19)/t12-/m0/s1. The number of ketones is 1. The van der Waals surface area contributed by atoms with Crippen LogP contribution in [-0.4, -0.2) is 40.3 Å². The third-order valence-corrected chi connectivity index (χ3v) is 3.59. The van der Waals surface area contributed by atoms with E-state index in [2.05, 4.69) is 5.32 Å². The molecular weight excluding hydrogens is 278 g/mol. The van der Waals surface area contributed by atoms with Crippen LogP contribution in [-0.2, 0) is 9.59 Å². The Labute approximate surface area is 121 Å². The van der Waals surface area contributed by atoms with Gasteiger partial charge >= 0.3 is 5.97 Å². The molecule has 0 spiro atoms. The van der Waals surface area contributed by atoms with Crippen molar-refractivity contribution in [3.63, 3.8) is 0 Å². The summed E-state index contributed by atoms with van der Waals surface area (Å²) in [6.07, 6.45) is 0.348. The number of nitrogens with one attached hydrogen (secondary N) is 1. The van der Waals surface area contributed by atoms with Gasteiger partial charge in [-0.3, -0.25) is 9.59 Å². The van der Waals surface area contributed by atoms with Gasteiger partial charge in [-0.2, -0.15) is 11.8 Å². The number of aliphatic carboxylic acids is 1. The largest absolute Gasteiger partial charge is 0.480 e. The van der Waals surface area contributed by atoms with Crippen LogP contribution in [0.3, 0.4) is 0 Å². The molecule has 1 amide bonds. The lowest BCUT2D eigenvalue weighted by atomic mass is 10.1. The number of Topliss-reactive ketones (excluding diaryl/α,β-unsaturated/α-hetero) is 1. The Kier molecular flexibility index (Phi) is 6.79. The summed E-state index contributed by atoms with van der Waals surface area (Å²) >= 11 is 1.34. The van der Waals surface area contributed by atoms with Gasteiger partial charge in [0.15, 0.2) is 5.78 Å². The van der Waals surface area contributed by atoms with Gasteiger partial charge in [0.05, 0.1) is 0 Å². The second-order valence-corrected chi connectivity index (χ2v) is 5.36. The fourth-order valence-corrected chi connectivity index (χ4v) is 2.51. The lowest BCUT2D eigenvalue weighted by Gasteiger charge is -2.12. The molecule has 0 saturated heterocycles. The smallest absolute Gasteiger partial charge is 0.327 e. The first-order valence-corrected chi connectivity index (χ1v) is 7.32. The highest BCUT2D eigenvalue weighted by Gasteiger charge is 2.18. The van der Waals surface area contributed by atoms with Crippen molar-refractivity contribution >= 4 is 29.4 Å². The van der Waals surface area contributed by atoms with Gasteiger partial charge in [-0.15, -0.1) is 0 Å². The fourth-order valence-electron chi connectivity index (χ4n) is 1.55. The van der Waals surface area contributed by atoms with E-state index in [9.17, 15) is 14.4 Å². The molecule has 0 radical (unpaired) electrons. The number of hydrogen-bond acceptors (Lipinski definition) is 4. The molecule has 6 heteroatoms. The maximum absolute atomic E-state index is 11.8. The molecule has 0 bridgehead atoms. The van der Waals surface area contributed by atoms with Crippen LogP contribution in [0.2, 0.25) is 0 Å². The summed E-state index contributed by atoms with van der Waals surface area (Å²) in [6.45, 7) is 1.28. The van der Waals surface area contributed by atoms with Crippen molar-refractivity contribution in [3.05, 3.63) is 35.9 Å². The van der Waals surface area contributed by atoms with Crippen molar-refractivity contribution in [1.29, 1.82) is 0 Å². The molecule has 0 unspecified atom stereocenters. The number of carboxylic acids is 1. The second kappa shape index (κ2) is 8.37. The van der Waals surface area contributed by atoms with Crippen LogP contribution in [0.15, 0.2) is 30.3 Å². The normalized spacial score (nSPS) is 11.7. The molecule has 1 aromatic rings. The van der Waals surface area contributed by atoms with Gasteiger partial charge in [-0.05, 0) is 0 Å². The lowest BCUT2D eigenvalue weighted by Crippen LogP contribution is -2.41. The summed E-state index contributed by atoms with van der Waals surface area (Å²) in [4.78, 5) is 33.5. The van der Waals surface area contributed by atoms with Gasteiger partial charge in [-0.25, -0.2) is 4.79 Å². The highest BCUT2D eigenvalue weighted by atomic mass is 32.2. The topological polar surface area (TPSA) is 83.5 Å². The first-order valence-electron chi connectivity index (χ1n) is 6.16. The van der Waals surface area contributed by atoms with Crippen LogP contribution in [0.4, 0.5) is 0 Å². The van der Waals surface area contributed by atoms with Gasteiger partial charge < -0.3 is 10.4 Å². The SMILES string of the molecule is CC(=O)N[C@@H](CSCCC(=O)c1ccccc1)C(=O)O. The van der Waals surface area contributed by atoms with E-state index in [4.69, 9.17) is 5.11 Å². The molecule has 0 aromatic heterocycles. The molecule has 108 valence electrons. The summed E-state index contributed by atoms with van der Waals surface area (Å²) < 4.78 is 0. The molecule has 1 rings (SSSR count). The molecule has 0 saturated carbocycles. The van der Waals surface area contributed by atoms with E-state index in [1.807, 2.05) is 6.07 Å². The van der Waals surface area contributed by atoms with Crippen LogP contribution >= 0.6 is 11.8 Å². The maximum atomic E-state index is 11.8. The van der Waals surface area contributed by atoms with E-state index in [0.29, 0.717) is 17.7 Å². The first-order chi connectivity index (χ1) is 9.50. The van der Waals surface area contributed by atoms with E-state index >= 15 is 0 Å². The Bertz CT molecular complexity index is 475. The molecule has 2 N–H and O–H groups in total. The minimum Gasteiger partial charge on any atom is -0.480 e. The Morgan fingerprint density at radius 1 is 1.25 bits per heavy atom. The molecule has 0 heterocycles. The summed E-state index contributed by atoms with van der Waals surface area (Å²) in [7, 11) is 0. The zero-order valence-corrected chi connectivity index (χ0v) is 12.0. The van der Waals surface area contributed by atoms with Crippen molar-refractivity contribution in [1.82, 2.24) is 5.32 Å². The maximum Gasteiger partial charge on any atom is 0.327 e. The fraction of sp³-hybridized carbons (Fsp3) is 0.357. The van der Waals surface area contributed by atoms with Crippen molar-refractivity contribution in [2.24, 2.45) is 0 Å². The van der Waals surface area contributed by atoms with Crippen molar-refractivity contribution in [3.8, 4) is 0 Å². The average Bonchev–Trinajstić information content (AvgIpc) is 2.42. The summed E-state index contributed by atoms with van der Waals surface area (Å²) in [5.41, 5.74) is 0.657. The molecule has 0 fully saturated rings. The Balaban J connectivity index is 2.32.